The summed E-state index contributed by atoms with van der Waals surface area (Å²) in [6.45, 7) is 1.99. The van der Waals surface area contributed by atoms with Gasteiger partial charge in [0.1, 0.15) is 0 Å². The van der Waals surface area contributed by atoms with Gasteiger partial charge in [0.05, 0.1) is 11.1 Å². The van der Waals surface area contributed by atoms with Crippen LogP contribution in [0.2, 0.25) is 0 Å². The molecule has 1 amide bonds. The lowest BCUT2D eigenvalue weighted by molar-refractivity contribution is 0.0940. The molecule has 0 aliphatic heterocycles. The van der Waals surface area contributed by atoms with E-state index >= 15 is 0 Å². The molecular weight excluding hydrogens is 260 g/mol. The molecule has 0 aliphatic carbocycles. The molecule has 0 spiro atoms. The van der Waals surface area contributed by atoms with Gasteiger partial charge in [-0.2, -0.15) is 0 Å². The number of amides is 1. The smallest absolute Gasteiger partial charge is 0.253 e. The maximum atomic E-state index is 12.2. The van der Waals surface area contributed by atoms with Crippen LogP contribution < -0.4 is 5.32 Å². The van der Waals surface area contributed by atoms with Crippen molar-refractivity contribution < 1.29 is 4.79 Å². The van der Waals surface area contributed by atoms with E-state index in [-0.39, 0.29) is 11.9 Å². The van der Waals surface area contributed by atoms with Gasteiger partial charge in [0.25, 0.3) is 5.91 Å². The summed E-state index contributed by atoms with van der Waals surface area (Å²) in [5.41, 5.74) is 1.36. The molecular formula is C15H17ClN2O. The van der Waals surface area contributed by atoms with Crippen molar-refractivity contribution in [2.75, 3.05) is 5.88 Å². The number of hydrogen-bond donors (Lipinski definition) is 1. The van der Waals surface area contributed by atoms with Crippen LogP contribution >= 0.6 is 11.6 Å². The largest absolute Gasteiger partial charge is 0.350 e. The fourth-order valence-corrected chi connectivity index (χ4v) is 2.20. The van der Waals surface area contributed by atoms with Crippen molar-refractivity contribution in [2.24, 2.45) is 0 Å². The highest BCUT2D eigenvalue weighted by molar-refractivity contribution is 6.17. The van der Waals surface area contributed by atoms with Gasteiger partial charge in [-0.25, -0.2) is 0 Å². The van der Waals surface area contributed by atoms with Gasteiger partial charge < -0.3 is 5.32 Å². The van der Waals surface area contributed by atoms with Gasteiger partial charge in [-0.05, 0) is 31.9 Å². The van der Waals surface area contributed by atoms with E-state index < -0.39 is 0 Å². The van der Waals surface area contributed by atoms with Crippen molar-refractivity contribution in [3.05, 3.63) is 42.1 Å². The molecule has 0 bridgehead atoms. The van der Waals surface area contributed by atoms with E-state index in [0.29, 0.717) is 11.4 Å². The van der Waals surface area contributed by atoms with Crippen molar-refractivity contribution in [1.29, 1.82) is 0 Å². The van der Waals surface area contributed by atoms with E-state index in [1.165, 1.54) is 0 Å². The number of aromatic nitrogens is 1. The van der Waals surface area contributed by atoms with E-state index in [0.717, 1.165) is 23.7 Å². The molecule has 1 atom stereocenters. The third kappa shape index (κ3) is 3.44. The second-order valence-electron chi connectivity index (χ2n) is 4.59. The van der Waals surface area contributed by atoms with Gasteiger partial charge in [0.2, 0.25) is 0 Å². The van der Waals surface area contributed by atoms with Crippen molar-refractivity contribution in [3.63, 3.8) is 0 Å². The Labute approximate surface area is 118 Å². The number of hydrogen-bond acceptors (Lipinski definition) is 2. The first-order valence-electron chi connectivity index (χ1n) is 6.43. The van der Waals surface area contributed by atoms with E-state index in [1.807, 2.05) is 31.2 Å². The molecule has 4 heteroatoms. The fourth-order valence-electron chi connectivity index (χ4n) is 2.04. The van der Waals surface area contributed by atoms with Gasteiger partial charge in [-0.3, -0.25) is 9.78 Å². The van der Waals surface area contributed by atoms with Crippen LogP contribution in [0.4, 0.5) is 0 Å². The molecule has 0 fully saturated rings. The molecule has 0 aliphatic rings. The van der Waals surface area contributed by atoms with E-state index in [4.69, 9.17) is 11.6 Å². The van der Waals surface area contributed by atoms with Gasteiger partial charge in [-0.1, -0.05) is 18.2 Å². The minimum atomic E-state index is -0.0774. The number of fused-ring (bicyclic) bond motifs is 1. The van der Waals surface area contributed by atoms with Crippen LogP contribution in [0.3, 0.4) is 0 Å². The molecule has 0 radical (unpaired) electrons. The zero-order valence-electron chi connectivity index (χ0n) is 10.9. The Morgan fingerprint density at radius 1 is 1.37 bits per heavy atom. The number of carbonyl (C=O) groups is 1. The zero-order valence-corrected chi connectivity index (χ0v) is 11.7. The summed E-state index contributed by atoms with van der Waals surface area (Å²) in [5, 5.41) is 3.96. The van der Waals surface area contributed by atoms with Crippen LogP contribution in [0.25, 0.3) is 10.9 Å². The summed E-state index contributed by atoms with van der Waals surface area (Å²) in [7, 11) is 0. The lowest BCUT2D eigenvalue weighted by Crippen LogP contribution is -2.32. The second-order valence-corrected chi connectivity index (χ2v) is 4.96. The molecule has 3 nitrogen and oxygen atoms in total. The number of alkyl halides is 1. The van der Waals surface area contributed by atoms with Crippen molar-refractivity contribution in [2.45, 2.75) is 25.8 Å². The van der Waals surface area contributed by atoms with Crippen LogP contribution in [0.15, 0.2) is 36.5 Å². The summed E-state index contributed by atoms with van der Waals surface area (Å²) >= 11 is 5.65. The first-order valence-corrected chi connectivity index (χ1v) is 6.96. The van der Waals surface area contributed by atoms with Crippen LogP contribution in [-0.4, -0.2) is 22.8 Å². The van der Waals surface area contributed by atoms with Crippen molar-refractivity contribution >= 4 is 28.4 Å². The summed E-state index contributed by atoms with van der Waals surface area (Å²) in [5.74, 6) is 0.544. The highest BCUT2D eigenvalue weighted by atomic mass is 35.5. The molecule has 2 aromatic rings. The quantitative estimate of drug-likeness (QED) is 0.851. The SMILES string of the molecule is CC(CCCCl)NC(=O)c1cccc2cccnc12. The molecule has 1 aromatic heterocycles. The third-order valence-corrected chi connectivity index (χ3v) is 3.29. The van der Waals surface area contributed by atoms with Gasteiger partial charge >= 0.3 is 0 Å². The minimum absolute atomic E-state index is 0.0774. The summed E-state index contributed by atoms with van der Waals surface area (Å²) in [6.07, 6.45) is 3.49. The average molecular weight is 277 g/mol. The first-order chi connectivity index (χ1) is 9.22. The monoisotopic (exact) mass is 276 g/mol. The number of para-hydroxylation sites is 1. The molecule has 1 N–H and O–H groups in total. The van der Waals surface area contributed by atoms with Crippen molar-refractivity contribution in [3.8, 4) is 0 Å². The Morgan fingerprint density at radius 3 is 2.95 bits per heavy atom. The molecule has 1 aromatic carbocycles. The highest BCUT2D eigenvalue weighted by Crippen LogP contribution is 2.16. The number of benzene rings is 1. The predicted octanol–water partition coefficient (Wildman–Crippen LogP) is 3.37. The van der Waals surface area contributed by atoms with Crippen LogP contribution in [0.1, 0.15) is 30.1 Å². The second kappa shape index (κ2) is 6.53. The number of halogens is 1. The maximum absolute atomic E-state index is 12.2. The Hall–Kier alpha value is -1.61. The Morgan fingerprint density at radius 2 is 2.16 bits per heavy atom. The normalized spacial score (nSPS) is 12.3. The molecule has 0 saturated heterocycles. The summed E-state index contributed by atoms with van der Waals surface area (Å²) < 4.78 is 0. The third-order valence-electron chi connectivity index (χ3n) is 3.03. The fraction of sp³-hybridized carbons (Fsp3) is 0.333. The molecule has 19 heavy (non-hydrogen) atoms. The number of pyridine rings is 1. The Balaban J connectivity index is 2.17. The highest BCUT2D eigenvalue weighted by Gasteiger charge is 2.12. The number of rotatable bonds is 5. The molecule has 2 rings (SSSR count). The topological polar surface area (TPSA) is 42.0 Å². The number of nitrogens with zero attached hydrogens (tertiary/aromatic N) is 1. The lowest BCUT2D eigenvalue weighted by atomic mass is 10.1. The Kier molecular flexibility index (Phi) is 4.74. The van der Waals surface area contributed by atoms with E-state index in [1.54, 1.807) is 12.3 Å². The van der Waals surface area contributed by atoms with Crippen LogP contribution in [0, 0.1) is 0 Å². The molecule has 1 heterocycles. The van der Waals surface area contributed by atoms with E-state index in [9.17, 15) is 4.79 Å². The van der Waals surface area contributed by atoms with Crippen LogP contribution in [0.5, 0.6) is 0 Å². The predicted molar refractivity (Wildman–Crippen MR) is 78.6 cm³/mol. The zero-order chi connectivity index (χ0) is 13.7. The van der Waals surface area contributed by atoms with Gasteiger partial charge in [0.15, 0.2) is 0 Å². The summed E-state index contributed by atoms with van der Waals surface area (Å²) in [4.78, 5) is 16.5. The number of nitrogens with one attached hydrogen (secondary N) is 1. The minimum Gasteiger partial charge on any atom is -0.350 e. The molecule has 0 saturated carbocycles. The molecule has 1 unspecified atom stereocenters. The van der Waals surface area contributed by atoms with Gasteiger partial charge in [0, 0.05) is 23.5 Å². The van der Waals surface area contributed by atoms with E-state index in [2.05, 4.69) is 10.3 Å². The average Bonchev–Trinajstić information content (AvgIpc) is 2.44. The molecule has 100 valence electrons. The first kappa shape index (κ1) is 13.8. The van der Waals surface area contributed by atoms with Crippen LogP contribution in [-0.2, 0) is 0 Å². The Bertz CT molecular complexity index is 566. The summed E-state index contributed by atoms with van der Waals surface area (Å²) in [6, 6.07) is 9.57. The maximum Gasteiger partial charge on any atom is 0.253 e. The van der Waals surface area contributed by atoms with Crippen molar-refractivity contribution in [1.82, 2.24) is 10.3 Å². The standard InChI is InChI=1S/C15H17ClN2O/c1-11(5-3-9-16)18-15(19)13-8-2-6-12-7-4-10-17-14(12)13/h2,4,6-8,10-11H,3,5,9H2,1H3,(H,18,19). The van der Waals surface area contributed by atoms with Gasteiger partial charge in [-0.15, -0.1) is 11.6 Å². The number of carbonyl (C=O) groups excluding carboxylic acids is 1. The lowest BCUT2D eigenvalue weighted by Gasteiger charge is -2.13.